The van der Waals surface area contributed by atoms with Crippen molar-refractivity contribution in [1.82, 2.24) is 0 Å². The molecule has 98 valence electrons. The van der Waals surface area contributed by atoms with Crippen molar-refractivity contribution in [3.63, 3.8) is 0 Å². The number of nitrogens with one attached hydrogen (secondary N) is 1. The second kappa shape index (κ2) is 5.95. The Morgan fingerprint density at radius 3 is 2.58 bits per heavy atom. The Morgan fingerprint density at radius 2 is 1.89 bits per heavy atom. The highest BCUT2D eigenvalue weighted by atomic mass is 35.5. The van der Waals surface area contributed by atoms with Gasteiger partial charge in [0.05, 0.1) is 16.5 Å². The van der Waals surface area contributed by atoms with Gasteiger partial charge in [-0.1, -0.05) is 35.3 Å². The Morgan fingerprint density at radius 1 is 1.11 bits per heavy atom. The topological polar surface area (TPSA) is 55.1 Å². The van der Waals surface area contributed by atoms with Crippen molar-refractivity contribution in [2.75, 3.05) is 11.1 Å². The smallest absolute Gasteiger partial charge is 0.228 e. The predicted molar refractivity (Wildman–Crippen MR) is 79.7 cm³/mol. The molecule has 0 bridgehead atoms. The first kappa shape index (κ1) is 13.7. The average Bonchev–Trinajstić information content (AvgIpc) is 2.34. The van der Waals surface area contributed by atoms with Crippen LogP contribution in [0, 0.1) is 0 Å². The van der Waals surface area contributed by atoms with Crippen LogP contribution in [-0.2, 0) is 11.2 Å². The number of amides is 1. The fraction of sp³-hybridized carbons (Fsp3) is 0.0714. The number of hydrogen-bond donors (Lipinski definition) is 2. The van der Waals surface area contributed by atoms with Gasteiger partial charge in [0, 0.05) is 11.4 Å². The van der Waals surface area contributed by atoms with Crippen molar-refractivity contribution in [1.29, 1.82) is 0 Å². The lowest BCUT2D eigenvalue weighted by Gasteiger charge is -2.07. The summed E-state index contributed by atoms with van der Waals surface area (Å²) >= 11 is 11.7. The molecule has 0 radical (unpaired) electrons. The number of rotatable bonds is 3. The molecule has 0 saturated heterocycles. The Bertz CT molecular complexity index is 614. The van der Waals surface area contributed by atoms with E-state index in [0.29, 0.717) is 21.4 Å². The number of anilines is 2. The molecule has 1 amide bonds. The van der Waals surface area contributed by atoms with Gasteiger partial charge in [0.2, 0.25) is 5.91 Å². The summed E-state index contributed by atoms with van der Waals surface area (Å²) in [5.41, 5.74) is 7.77. The van der Waals surface area contributed by atoms with Gasteiger partial charge in [-0.15, -0.1) is 0 Å². The van der Waals surface area contributed by atoms with E-state index in [1.807, 2.05) is 12.1 Å². The Balaban J connectivity index is 2.03. The van der Waals surface area contributed by atoms with E-state index in [0.717, 1.165) is 5.56 Å². The minimum atomic E-state index is -0.135. The second-order valence-electron chi connectivity index (χ2n) is 4.10. The lowest BCUT2D eigenvalue weighted by atomic mass is 10.1. The highest BCUT2D eigenvalue weighted by molar-refractivity contribution is 6.42. The number of nitrogen functional groups attached to an aromatic ring is 1. The van der Waals surface area contributed by atoms with E-state index in [9.17, 15) is 4.79 Å². The van der Waals surface area contributed by atoms with Crippen molar-refractivity contribution in [2.45, 2.75) is 6.42 Å². The van der Waals surface area contributed by atoms with E-state index in [2.05, 4.69) is 5.32 Å². The van der Waals surface area contributed by atoms with Gasteiger partial charge in [-0.3, -0.25) is 4.79 Å². The maximum atomic E-state index is 11.9. The minimum Gasteiger partial charge on any atom is -0.399 e. The third-order valence-electron chi connectivity index (χ3n) is 2.52. The van der Waals surface area contributed by atoms with Gasteiger partial charge in [-0.05, 0) is 35.9 Å². The first-order valence-electron chi connectivity index (χ1n) is 5.64. The summed E-state index contributed by atoms with van der Waals surface area (Å²) < 4.78 is 0. The lowest BCUT2D eigenvalue weighted by molar-refractivity contribution is -0.115. The van der Waals surface area contributed by atoms with E-state index < -0.39 is 0 Å². The highest BCUT2D eigenvalue weighted by Gasteiger charge is 2.06. The van der Waals surface area contributed by atoms with Gasteiger partial charge >= 0.3 is 0 Å². The zero-order valence-electron chi connectivity index (χ0n) is 9.99. The predicted octanol–water partition coefficient (Wildman–Crippen LogP) is 3.76. The van der Waals surface area contributed by atoms with E-state index in [1.165, 1.54) is 0 Å². The summed E-state index contributed by atoms with van der Waals surface area (Å²) in [6.45, 7) is 0. The van der Waals surface area contributed by atoms with Crippen LogP contribution in [0.2, 0.25) is 10.0 Å². The summed E-state index contributed by atoms with van der Waals surface area (Å²) in [5, 5.41) is 3.62. The van der Waals surface area contributed by atoms with Crippen LogP contribution in [0.4, 0.5) is 11.4 Å². The summed E-state index contributed by atoms with van der Waals surface area (Å²) in [6, 6.07) is 12.2. The SMILES string of the molecule is Nc1cccc(CC(=O)Nc2ccc(Cl)c(Cl)c2)c1. The van der Waals surface area contributed by atoms with E-state index in [4.69, 9.17) is 28.9 Å². The van der Waals surface area contributed by atoms with Crippen LogP contribution in [0.5, 0.6) is 0 Å². The fourth-order valence-corrected chi connectivity index (χ4v) is 1.97. The Hall–Kier alpha value is -1.71. The van der Waals surface area contributed by atoms with Crippen LogP contribution in [0.1, 0.15) is 5.56 Å². The Labute approximate surface area is 121 Å². The summed E-state index contributed by atoms with van der Waals surface area (Å²) in [4.78, 5) is 11.9. The quantitative estimate of drug-likeness (QED) is 0.847. The first-order chi connectivity index (χ1) is 9.04. The minimum absolute atomic E-state index is 0.135. The number of halogens is 2. The zero-order chi connectivity index (χ0) is 13.8. The first-order valence-corrected chi connectivity index (χ1v) is 6.39. The molecule has 19 heavy (non-hydrogen) atoms. The fourth-order valence-electron chi connectivity index (χ4n) is 1.67. The van der Waals surface area contributed by atoms with Crippen LogP contribution in [0.15, 0.2) is 42.5 Å². The number of hydrogen-bond acceptors (Lipinski definition) is 2. The molecule has 2 rings (SSSR count). The maximum Gasteiger partial charge on any atom is 0.228 e. The molecular formula is C14H12Cl2N2O. The molecule has 2 aromatic carbocycles. The number of carbonyl (C=O) groups excluding carboxylic acids is 1. The molecule has 0 aliphatic carbocycles. The van der Waals surface area contributed by atoms with Gasteiger partial charge in [0.25, 0.3) is 0 Å². The molecule has 0 atom stereocenters. The summed E-state index contributed by atoms with van der Waals surface area (Å²) in [5.74, 6) is -0.135. The van der Waals surface area contributed by atoms with Gasteiger partial charge in [0.1, 0.15) is 0 Å². The van der Waals surface area contributed by atoms with Gasteiger partial charge < -0.3 is 11.1 Å². The van der Waals surface area contributed by atoms with Crippen LogP contribution in [0.3, 0.4) is 0 Å². The number of nitrogens with two attached hydrogens (primary N) is 1. The van der Waals surface area contributed by atoms with Gasteiger partial charge in [0.15, 0.2) is 0 Å². The number of benzene rings is 2. The van der Waals surface area contributed by atoms with Crippen LogP contribution < -0.4 is 11.1 Å². The largest absolute Gasteiger partial charge is 0.399 e. The molecule has 0 unspecified atom stereocenters. The number of carbonyl (C=O) groups is 1. The van der Waals surface area contributed by atoms with E-state index >= 15 is 0 Å². The van der Waals surface area contributed by atoms with E-state index in [1.54, 1.807) is 30.3 Å². The van der Waals surface area contributed by atoms with Crippen molar-refractivity contribution in [2.24, 2.45) is 0 Å². The molecular weight excluding hydrogens is 283 g/mol. The third-order valence-corrected chi connectivity index (χ3v) is 3.26. The van der Waals surface area contributed by atoms with Crippen LogP contribution >= 0.6 is 23.2 Å². The molecule has 3 N–H and O–H groups in total. The van der Waals surface area contributed by atoms with Gasteiger partial charge in [-0.25, -0.2) is 0 Å². The standard InChI is InChI=1S/C14H12Cl2N2O/c15-12-5-4-11(8-13(12)16)18-14(19)7-9-2-1-3-10(17)6-9/h1-6,8H,7,17H2,(H,18,19). The zero-order valence-corrected chi connectivity index (χ0v) is 11.5. The molecule has 0 aliphatic heterocycles. The normalized spacial score (nSPS) is 10.2. The van der Waals surface area contributed by atoms with Crippen molar-refractivity contribution >= 4 is 40.5 Å². The van der Waals surface area contributed by atoms with E-state index in [-0.39, 0.29) is 12.3 Å². The monoisotopic (exact) mass is 294 g/mol. The molecule has 0 heterocycles. The molecule has 0 spiro atoms. The molecule has 5 heteroatoms. The molecule has 3 nitrogen and oxygen atoms in total. The average molecular weight is 295 g/mol. The second-order valence-corrected chi connectivity index (χ2v) is 4.91. The molecule has 0 aromatic heterocycles. The summed E-state index contributed by atoms with van der Waals surface area (Å²) in [7, 11) is 0. The molecule has 0 saturated carbocycles. The van der Waals surface area contributed by atoms with Crippen molar-refractivity contribution < 1.29 is 4.79 Å². The molecule has 0 fully saturated rings. The molecule has 0 aliphatic rings. The lowest BCUT2D eigenvalue weighted by Crippen LogP contribution is -2.14. The van der Waals surface area contributed by atoms with Gasteiger partial charge in [-0.2, -0.15) is 0 Å². The summed E-state index contributed by atoms with van der Waals surface area (Å²) in [6.07, 6.45) is 0.255. The van der Waals surface area contributed by atoms with Crippen molar-refractivity contribution in [3.8, 4) is 0 Å². The maximum absolute atomic E-state index is 11.9. The van der Waals surface area contributed by atoms with Crippen LogP contribution in [0.25, 0.3) is 0 Å². The Kier molecular flexibility index (Phi) is 4.30. The molecule has 2 aromatic rings. The van der Waals surface area contributed by atoms with Crippen molar-refractivity contribution in [3.05, 3.63) is 58.1 Å². The van der Waals surface area contributed by atoms with Crippen LogP contribution in [-0.4, -0.2) is 5.91 Å². The highest BCUT2D eigenvalue weighted by Crippen LogP contribution is 2.25. The third kappa shape index (κ3) is 3.88.